The summed E-state index contributed by atoms with van der Waals surface area (Å²) >= 11 is 0. The molecule has 0 unspecified atom stereocenters. The number of aliphatic hydroxyl groups excluding tert-OH is 1. The van der Waals surface area contributed by atoms with Crippen LogP contribution < -0.4 is 16.4 Å². The topological polar surface area (TPSA) is 87.4 Å². The van der Waals surface area contributed by atoms with Crippen LogP contribution in [0.15, 0.2) is 12.1 Å². The molecule has 0 fully saturated rings. The van der Waals surface area contributed by atoms with E-state index in [9.17, 15) is 4.79 Å². The van der Waals surface area contributed by atoms with Gasteiger partial charge in [0.05, 0.1) is 17.8 Å². The third kappa shape index (κ3) is 2.09. The van der Waals surface area contributed by atoms with Crippen molar-refractivity contribution >= 4 is 23.0 Å². The van der Waals surface area contributed by atoms with Gasteiger partial charge >= 0.3 is 0 Å². The molecule has 0 radical (unpaired) electrons. The molecule has 0 spiro atoms. The van der Waals surface area contributed by atoms with Crippen LogP contribution in [-0.2, 0) is 11.2 Å². The Bertz CT molecular complexity index is 418. The highest BCUT2D eigenvalue weighted by atomic mass is 16.3. The molecule has 1 aromatic rings. The van der Waals surface area contributed by atoms with E-state index in [0.717, 1.165) is 16.9 Å². The number of aliphatic hydroxyl groups is 1. The fourth-order valence-corrected chi connectivity index (χ4v) is 1.75. The van der Waals surface area contributed by atoms with E-state index in [0.29, 0.717) is 25.1 Å². The van der Waals surface area contributed by atoms with Crippen LogP contribution >= 0.6 is 0 Å². The zero-order valence-corrected chi connectivity index (χ0v) is 8.92. The number of nitrogens with two attached hydrogens (primary N) is 1. The third-order valence-corrected chi connectivity index (χ3v) is 2.55. The molecule has 1 aliphatic rings. The lowest BCUT2D eigenvalue weighted by atomic mass is 10.1. The van der Waals surface area contributed by atoms with E-state index in [2.05, 4.69) is 10.6 Å². The normalized spacial score (nSPS) is 13.4. The summed E-state index contributed by atoms with van der Waals surface area (Å²) in [6, 6.07) is 3.65. The van der Waals surface area contributed by atoms with Crippen LogP contribution in [0, 0.1) is 0 Å². The number of nitrogens with one attached hydrogen (secondary N) is 2. The van der Waals surface area contributed by atoms with Crippen molar-refractivity contribution in [1.82, 2.24) is 0 Å². The minimum atomic E-state index is 0.00177. The fourth-order valence-electron chi connectivity index (χ4n) is 1.75. The molecular formula is C11H15N3O2. The Labute approximate surface area is 93.6 Å². The number of fused-ring (bicyclic) bond motifs is 1. The molecule has 0 aromatic heterocycles. The van der Waals surface area contributed by atoms with Gasteiger partial charge in [-0.2, -0.15) is 0 Å². The van der Waals surface area contributed by atoms with Crippen molar-refractivity contribution in [1.29, 1.82) is 0 Å². The van der Waals surface area contributed by atoms with Crippen molar-refractivity contribution in [3.8, 4) is 0 Å². The van der Waals surface area contributed by atoms with Gasteiger partial charge in [0.2, 0.25) is 5.91 Å². The summed E-state index contributed by atoms with van der Waals surface area (Å²) in [6.45, 7) is 0.808. The minimum absolute atomic E-state index is 0.00177. The Balaban J connectivity index is 2.15. The van der Waals surface area contributed by atoms with Crippen molar-refractivity contribution in [2.24, 2.45) is 0 Å². The first-order valence-electron chi connectivity index (χ1n) is 5.27. The number of nitrogen functional groups attached to an aromatic ring is 1. The van der Waals surface area contributed by atoms with Crippen LogP contribution in [0.4, 0.5) is 17.1 Å². The van der Waals surface area contributed by atoms with Crippen LogP contribution in [0.3, 0.4) is 0 Å². The summed E-state index contributed by atoms with van der Waals surface area (Å²) in [5, 5.41) is 14.6. The Morgan fingerprint density at radius 2 is 2.31 bits per heavy atom. The maximum Gasteiger partial charge on any atom is 0.228 e. The molecule has 2 rings (SSSR count). The Morgan fingerprint density at radius 1 is 1.50 bits per heavy atom. The van der Waals surface area contributed by atoms with E-state index in [1.165, 1.54) is 0 Å². The average molecular weight is 221 g/mol. The maximum absolute atomic E-state index is 11.2. The number of carbonyl (C=O) groups is 1. The summed E-state index contributed by atoms with van der Waals surface area (Å²) in [4.78, 5) is 11.2. The van der Waals surface area contributed by atoms with Gasteiger partial charge in [-0.25, -0.2) is 0 Å². The summed E-state index contributed by atoms with van der Waals surface area (Å²) in [5.74, 6) is 0.00177. The second kappa shape index (κ2) is 4.40. The molecular weight excluding hydrogens is 206 g/mol. The monoisotopic (exact) mass is 221 g/mol. The highest BCUT2D eigenvalue weighted by Crippen LogP contribution is 2.31. The maximum atomic E-state index is 11.2. The smallest absolute Gasteiger partial charge is 0.228 e. The number of hydrogen-bond acceptors (Lipinski definition) is 4. The van der Waals surface area contributed by atoms with Crippen molar-refractivity contribution in [3.63, 3.8) is 0 Å². The molecule has 0 bridgehead atoms. The predicted octanol–water partition coefficient (Wildman–Crippen LogP) is 0.558. The lowest BCUT2D eigenvalue weighted by Crippen LogP contribution is -2.06. The van der Waals surface area contributed by atoms with Gasteiger partial charge in [-0.15, -0.1) is 0 Å². The molecule has 0 saturated heterocycles. The number of hydrogen-bond donors (Lipinski definition) is 4. The third-order valence-electron chi connectivity index (χ3n) is 2.55. The molecule has 1 amide bonds. The second-order valence-electron chi connectivity index (χ2n) is 3.83. The quantitative estimate of drug-likeness (QED) is 0.442. The molecule has 5 nitrogen and oxygen atoms in total. The van der Waals surface area contributed by atoms with Crippen LogP contribution in [0.1, 0.15) is 12.0 Å². The van der Waals surface area contributed by atoms with Crippen molar-refractivity contribution in [2.45, 2.75) is 12.8 Å². The summed E-state index contributed by atoms with van der Waals surface area (Å²) in [6.07, 6.45) is 1.07. The highest BCUT2D eigenvalue weighted by molar-refractivity contribution is 6.00. The SMILES string of the molecule is Nc1cc2c(cc1NCCCO)NC(=O)C2. The zero-order valence-electron chi connectivity index (χ0n) is 8.92. The average Bonchev–Trinajstić information content (AvgIpc) is 2.58. The summed E-state index contributed by atoms with van der Waals surface area (Å²) in [7, 11) is 0. The van der Waals surface area contributed by atoms with Crippen LogP contribution in [0.25, 0.3) is 0 Å². The van der Waals surface area contributed by atoms with Crippen molar-refractivity contribution in [2.75, 3.05) is 29.5 Å². The van der Waals surface area contributed by atoms with Gasteiger partial charge < -0.3 is 21.5 Å². The summed E-state index contributed by atoms with van der Waals surface area (Å²) < 4.78 is 0. The van der Waals surface area contributed by atoms with E-state index in [1.54, 1.807) is 0 Å². The fraction of sp³-hybridized carbons (Fsp3) is 0.364. The zero-order chi connectivity index (χ0) is 11.5. The largest absolute Gasteiger partial charge is 0.397 e. The first kappa shape index (κ1) is 10.8. The minimum Gasteiger partial charge on any atom is -0.397 e. The molecule has 16 heavy (non-hydrogen) atoms. The number of carbonyl (C=O) groups excluding carboxylic acids is 1. The van der Waals surface area contributed by atoms with E-state index in [1.807, 2.05) is 12.1 Å². The van der Waals surface area contributed by atoms with Gasteiger partial charge in [-0.3, -0.25) is 4.79 Å². The van der Waals surface area contributed by atoms with E-state index in [4.69, 9.17) is 10.8 Å². The molecule has 86 valence electrons. The Hall–Kier alpha value is -1.75. The van der Waals surface area contributed by atoms with Crippen molar-refractivity contribution in [3.05, 3.63) is 17.7 Å². The second-order valence-corrected chi connectivity index (χ2v) is 3.83. The Morgan fingerprint density at radius 3 is 3.06 bits per heavy atom. The lowest BCUT2D eigenvalue weighted by Gasteiger charge is -2.10. The predicted molar refractivity (Wildman–Crippen MR) is 63.4 cm³/mol. The first-order chi connectivity index (χ1) is 7.70. The molecule has 0 atom stereocenters. The molecule has 1 heterocycles. The van der Waals surface area contributed by atoms with Gasteiger partial charge in [0, 0.05) is 18.8 Å². The number of amides is 1. The highest BCUT2D eigenvalue weighted by Gasteiger charge is 2.18. The molecule has 0 aliphatic carbocycles. The molecule has 1 aliphatic heterocycles. The van der Waals surface area contributed by atoms with E-state index >= 15 is 0 Å². The van der Waals surface area contributed by atoms with Gasteiger partial charge in [0.1, 0.15) is 0 Å². The molecule has 1 aromatic carbocycles. The molecule has 5 N–H and O–H groups in total. The van der Waals surface area contributed by atoms with Crippen LogP contribution in [0.2, 0.25) is 0 Å². The van der Waals surface area contributed by atoms with E-state index in [-0.39, 0.29) is 12.5 Å². The van der Waals surface area contributed by atoms with Crippen LogP contribution in [-0.4, -0.2) is 24.2 Å². The number of rotatable bonds is 4. The van der Waals surface area contributed by atoms with Gasteiger partial charge in [0.25, 0.3) is 0 Å². The van der Waals surface area contributed by atoms with Gasteiger partial charge in [-0.05, 0) is 24.1 Å². The van der Waals surface area contributed by atoms with Crippen LogP contribution in [0.5, 0.6) is 0 Å². The number of benzene rings is 1. The summed E-state index contributed by atoms with van der Waals surface area (Å²) in [5.41, 5.74) is 9.05. The van der Waals surface area contributed by atoms with Crippen molar-refractivity contribution < 1.29 is 9.90 Å². The standard InChI is InChI=1S/C11H15N3O2/c12-8-4-7-5-11(16)14-9(7)6-10(8)13-2-1-3-15/h4,6,13,15H,1-3,5,12H2,(H,14,16). The Kier molecular flexibility index (Phi) is 2.96. The van der Waals surface area contributed by atoms with Gasteiger partial charge in [0.15, 0.2) is 0 Å². The van der Waals surface area contributed by atoms with Gasteiger partial charge in [-0.1, -0.05) is 0 Å². The lowest BCUT2D eigenvalue weighted by molar-refractivity contribution is -0.115. The molecule has 5 heteroatoms. The number of anilines is 3. The molecule has 0 saturated carbocycles. The first-order valence-corrected chi connectivity index (χ1v) is 5.27. The van der Waals surface area contributed by atoms with E-state index < -0.39 is 0 Å².